The van der Waals surface area contributed by atoms with Crippen LogP contribution in [-0.2, 0) is 13.1 Å². The number of nitrogens with zero attached hydrogens (tertiary/aromatic N) is 4. The fraction of sp³-hybridized carbons (Fsp3) is 0.421. The van der Waals surface area contributed by atoms with E-state index in [0.717, 1.165) is 29.2 Å². The Kier molecular flexibility index (Phi) is 5.78. The number of aromatic nitrogens is 3. The SMILES string of the molecule is CCCN(Cc1ccc(F)cc1)Cc1cc(=O)n2nc(C(C)C)sc2n1. The molecule has 0 aliphatic carbocycles. The second-order valence-corrected chi connectivity index (χ2v) is 7.70. The maximum absolute atomic E-state index is 13.1. The lowest BCUT2D eigenvalue weighted by atomic mass is 10.2. The van der Waals surface area contributed by atoms with Gasteiger partial charge in [0.2, 0.25) is 4.96 Å². The smallest absolute Gasteiger partial charge is 0.275 e. The van der Waals surface area contributed by atoms with E-state index in [1.165, 1.54) is 28.0 Å². The number of fused-ring (bicyclic) bond motifs is 1. The maximum atomic E-state index is 13.1. The monoisotopic (exact) mass is 374 g/mol. The lowest BCUT2D eigenvalue weighted by molar-refractivity contribution is 0.254. The first-order chi connectivity index (χ1) is 12.5. The van der Waals surface area contributed by atoms with Gasteiger partial charge in [0.15, 0.2) is 0 Å². The van der Waals surface area contributed by atoms with Gasteiger partial charge in [0, 0.05) is 25.1 Å². The third-order valence-electron chi connectivity index (χ3n) is 4.05. The van der Waals surface area contributed by atoms with Crippen molar-refractivity contribution in [3.63, 3.8) is 0 Å². The minimum Gasteiger partial charge on any atom is -0.293 e. The Balaban J connectivity index is 1.83. The molecular formula is C19H23FN4OS. The van der Waals surface area contributed by atoms with Crippen LogP contribution in [0.2, 0.25) is 0 Å². The van der Waals surface area contributed by atoms with Gasteiger partial charge in [-0.1, -0.05) is 44.2 Å². The first-order valence-electron chi connectivity index (χ1n) is 8.82. The van der Waals surface area contributed by atoms with E-state index in [1.807, 2.05) is 0 Å². The van der Waals surface area contributed by atoms with Crippen molar-refractivity contribution in [3.8, 4) is 0 Å². The molecule has 0 N–H and O–H groups in total. The Morgan fingerprint density at radius 2 is 1.96 bits per heavy atom. The molecule has 3 rings (SSSR count). The third kappa shape index (κ3) is 4.34. The summed E-state index contributed by atoms with van der Waals surface area (Å²) in [5.41, 5.74) is 1.63. The summed E-state index contributed by atoms with van der Waals surface area (Å²) in [6.07, 6.45) is 0.987. The summed E-state index contributed by atoms with van der Waals surface area (Å²) in [6, 6.07) is 8.09. The van der Waals surface area contributed by atoms with E-state index in [9.17, 15) is 9.18 Å². The van der Waals surface area contributed by atoms with Crippen molar-refractivity contribution >= 4 is 16.3 Å². The molecule has 26 heavy (non-hydrogen) atoms. The molecule has 0 aliphatic heterocycles. The second kappa shape index (κ2) is 8.05. The van der Waals surface area contributed by atoms with E-state index >= 15 is 0 Å². The minimum atomic E-state index is -0.234. The Bertz CT molecular complexity index is 933. The summed E-state index contributed by atoms with van der Waals surface area (Å²) in [7, 11) is 0. The summed E-state index contributed by atoms with van der Waals surface area (Å²) >= 11 is 1.46. The van der Waals surface area contributed by atoms with Crippen molar-refractivity contribution in [3.05, 3.63) is 62.8 Å². The highest BCUT2D eigenvalue weighted by Gasteiger charge is 2.13. The van der Waals surface area contributed by atoms with Gasteiger partial charge in [-0.2, -0.15) is 9.61 Å². The van der Waals surface area contributed by atoms with Crippen LogP contribution in [0.4, 0.5) is 4.39 Å². The molecule has 0 aliphatic rings. The Morgan fingerprint density at radius 3 is 2.62 bits per heavy atom. The molecule has 0 saturated carbocycles. The van der Waals surface area contributed by atoms with Gasteiger partial charge in [0.25, 0.3) is 5.56 Å². The van der Waals surface area contributed by atoms with Gasteiger partial charge in [-0.3, -0.25) is 9.69 Å². The fourth-order valence-corrected chi connectivity index (χ4v) is 3.72. The summed E-state index contributed by atoms with van der Waals surface area (Å²) in [5.74, 6) is 0.0294. The van der Waals surface area contributed by atoms with Crippen LogP contribution in [0.15, 0.2) is 35.1 Å². The van der Waals surface area contributed by atoms with Gasteiger partial charge in [0.1, 0.15) is 10.8 Å². The Hall–Kier alpha value is -2.12. The molecule has 0 spiro atoms. The average molecular weight is 374 g/mol. The second-order valence-electron chi connectivity index (χ2n) is 6.71. The van der Waals surface area contributed by atoms with E-state index in [4.69, 9.17) is 0 Å². The van der Waals surface area contributed by atoms with Crippen molar-refractivity contribution in [2.75, 3.05) is 6.54 Å². The minimum absolute atomic E-state index is 0.147. The molecule has 0 atom stereocenters. The molecule has 2 heterocycles. The summed E-state index contributed by atoms with van der Waals surface area (Å²) in [4.78, 5) is 19.9. The van der Waals surface area contributed by atoms with Crippen LogP contribution in [0.25, 0.3) is 4.96 Å². The first-order valence-corrected chi connectivity index (χ1v) is 9.64. The largest absolute Gasteiger partial charge is 0.293 e. The van der Waals surface area contributed by atoms with Crippen molar-refractivity contribution in [2.45, 2.75) is 46.2 Å². The number of hydrogen-bond acceptors (Lipinski definition) is 5. The molecule has 0 unspecified atom stereocenters. The van der Waals surface area contributed by atoms with Gasteiger partial charge in [-0.05, 0) is 30.7 Å². The molecule has 0 saturated heterocycles. The standard InChI is InChI=1S/C19H23FN4OS/c1-4-9-23(11-14-5-7-15(20)8-6-14)12-16-10-17(25)24-19(21-16)26-18(22-24)13(2)3/h5-8,10,13H,4,9,11-12H2,1-3H3. The van der Waals surface area contributed by atoms with Crippen molar-refractivity contribution in [1.82, 2.24) is 19.5 Å². The van der Waals surface area contributed by atoms with Crippen molar-refractivity contribution in [2.24, 2.45) is 0 Å². The summed E-state index contributed by atoms with van der Waals surface area (Å²) in [5, 5.41) is 5.26. The summed E-state index contributed by atoms with van der Waals surface area (Å²) in [6.45, 7) is 8.35. The zero-order valence-corrected chi connectivity index (χ0v) is 16.1. The van der Waals surface area contributed by atoms with E-state index in [1.54, 1.807) is 18.2 Å². The van der Waals surface area contributed by atoms with Crippen LogP contribution in [0.5, 0.6) is 0 Å². The van der Waals surface area contributed by atoms with E-state index in [2.05, 4.69) is 35.8 Å². The first kappa shape index (κ1) is 18.7. The number of hydrogen-bond donors (Lipinski definition) is 0. The fourth-order valence-electron chi connectivity index (χ4n) is 2.79. The van der Waals surface area contributed by atoms with Gasteiger partial charge < -0.3 is 0 Å². The lowest BCUT2D eigenvalue weighted by Crippen LogP contribution is -2.26. The number of benzene rings is 1. The van der Waals surface area contributed by atoms with Crippen molar-refractivity contribution in [1.29, 1.82) is 0 Å². The number of halogens is 1. The maximum Gasteiger partial charge on any atom is 0.275 e. The highest BCUT2D eigenvalue weighted by atomic mass is 32.1. The highest BCUT2D eigenvalue weighted by Crippen LogP contribution is 2.20. The van der Waals surface area contributed by atoms with Crippen LogP contribution in [0, 0.1) is 5.82 Å². The number of rotatable bonds is 7. The molecule has 0 bridgehead atoms. The molecule has 0 amide bonds. The molecule has 0 radical (unpaired) electrons. The average Bonchev–Trinajstić information content (AvgIpc) is 3.02. The Morgan fingerprint density at radius 1 is 1.23 bits per heavy atom. The van der Waals surface area contributed by atoms with Crippen LogP contribution >= 0.6 is 11.3 Å². The molecular weight excluding hydrogens is 351 g/mol. The van der Waals surface area contributed by atoms with Gasteiger partial charge >= 0.3 is 0 Å². The zero-order chi connectivity index (χ0) is 18.7. The van der Waals surface area contributed by atoms with E-state index < -0.39 is 0 Å². The van der Waals surface area contributed by atoms with Crippen LogP contribution in [0.3, 0.4) is 0 Å². The highest BCUT2D eigenvalue weighted by molar-refractivity contribution is 7.16. The van der Waals surface area contributed by atoms with Crippen molar-refractivity contribution < 1.29 is 4.39 Å². The molecule has 5 nitrogen and oxygen atoms in total. The van der Waals surface area contributed by atoms with Crippen LogP contribution < -0.4 is 5.56 Å². The van der Waals surface area contributed by atoms with Gasteiger partial charge in [-0.15, -0.1) is 0 Å². The molecule has 138 valence electrons. The molecule has 1 aromatic carbocycles. The molecule has 2 aromatic heterocycles. The van der Waals surface area contributed by atoms with Gasteiger partial charge in [-0.25, -0.2) is 9.37 Å². The zero-order valence-electron chi connectivity index (χ0n) is 15.3. The van der Waals surface area contributed by atoms with Crippen LogP contribution in [-0.4, -0.2) is 26.0 Å². The third-order valence-corrected chi connectivity index (χ3v) is 5.26. The summed E-state index contributed by atoms with van der Waals surface area (Å²) < 4.78 is 14.5. The quantitative estimate of drug-likeness (QED) is 0.631. The van der Waals surface area contributed by atoms with E-state index in [-0.39, 0.29) is 17.3 Å². The van der Waals surface area contributed by atoms with E-state index in [0.29, 0.717) is 18.1 Å². The van der Waals surface area contributed by atoms with Crippen LogP contribution in [0.1, 0.15) is 49.4 Å². The molecule has 3 aromatic rings. The topological polar surface area (TPSA) is 50.5 Å². The molecule has 0 fully saturated rings. The predicted molar refractivity (Wildman–Crippen MR) is 102 cm³/mol. The normalized spacial score (nSPS) is 11.8. The van der Waals surface area contributed by atoms with Gasteiger partial charge in [0.05, 0.1) is 5.69 Å². The predicted octanol–water partition coefficient (Wildman–Crippen LogP) is 3.83. The Labute approximate surface area is 156 Å². The molecule has 7 heteroatoms. The lowest BCUT2D eigenvalue weighted by Gasteiger charge is -2.21.